The van der Waals surface area contributed by atoms with Gasteiger partial charge < -0.3 is 14.2 Å². The summed E-state index contributed by atoms with van der Waals surface area (Å²) >= 11 is 0. The van der Waals surface area contributed by atoms with Gasteiger partial charge in [0.15, 0.2) is 0 Å². The minimum absolute atomic E-state index is 0.125. The van der Waals surface area contributed by atoms with Crippen LogP contribution in [0.4, 0.5) is 0 Å². The number of esters is 2. The molecule has 0 aliphatic carbocycles. The Morgan fingerprint density at radius 3 is 1.59 bits per heavy atom. The Balaban J connectivity index is 1.48. The molecule has 0 heterocycles. The van der Waals surface area contributed by atoms with E-state index >= 15 is 0 Å². The summed E-state index contributed by atoms with van der Waals surface area (Å²) in [6.45, 7) is 8.44. The summed E-state index contributed by atoms with van der Waals surface area (Å²) < 4.78 is 17.1. The van der Waals surface area contributed by atoms with E-state index in [1.54, 1.807) is 36.4 Å². The number of rotatable bonds is 17. The van der Waals surface area contributed by atoms with Crippen molar-refractivity contribution in [2.45, 2.75) is 104 Å². The van der Waals surface area contributed by atoms with E-state index in [0.29, 0.717) is 16.9 Å². The average Bonchev–Trinajstić information content (AvgIpc) is 2.98. The maximum Gasteiger partial charge on any atom is 0.343 e. The van der Waals surface area contributed by atoms with Crippen LogP contribution < -0.4 is 9.47 Å². The first-order valence-corrected chi connectivity index (χ1v) is 15.3. The lowest BCUT2D eigenvalue weighted by Crippen LogP contribution is -2.15. The zero-order valence-corrected chi connectivity index (χ0v) is 25.2. The smallest absolute Gasteiger partial charge is 0.343 e. The summed E-state index contributed by atoms with van der Waals surface area (Å²) in [5.41, 5.74) is 2.94. The maximum atomic E-state index is 12.7. The predicted molar refractivity (Wildman–Crippen MR) is 166 cm³/mol. The second-order valence-corrected chi connectivity index (χ2v) is 10.9. The molecule has 220 valence electrons. The van der Waals surface area contributed by atoms with Crippen LogP contribution >= 0.6 is 0 Å². The molecule has 3 aromatic rings. The SMILES string of the molecule is CCCCCC[C@H](C)OC(=O)c1ccc(OC(=O)c2ccc(-c3ccc(O[C@@H](C)CCCCCC)cc3)cc2)cc1. The molecule has 0 aliphatic heterocycles. The van der Waals surface area contributed by atoms with Gasteiger partial charge in [0.25, 0.3) is 0 Å². The van der Waals surface area contributed by atoms with E-state index < -0.39 is 5.97 Å². The van der Waals surface area contributed by atoms with Crippen molar-refractivity contribution in [3.63, 3.8) is 0 Å². The molecule has 0 saturated heterocycles. The second kappa shape index (κ2) is 17.3. The van der Waals surface area contributed by atoms with Crippen molar-refractivity contribution < 1.29 is 23.8 Å². The lowest BCUT2D eigenvalue weighted by molar-refractivity contribution is 0.0319. The van der Waals surface area contributed by atoms with Crippen LogP contribution in [0.1, 0.15) is 113 Å². The van der Waals surface area contributed by atoms with Crippen molar-refractivity contribution in [3.8, 4) is 22.6 Å². The van der Waals surface area contributed by atoms with Crippen molar-refractivity contribution in [1.29, 1.82) is 0 Å². The van der Waals surface area contributed by atoms with Crippen molar-refractivity contribution >= 4 is 11.9 Å². The molecule has 5 nitrogen and oxygen atoms in total. The largest absolute Gasteiger partial charge is 0.491 e. The van der Waals surface area contributed by atoms with E-state index in [1.165, 1.54) is 38.5 Å². The third kappa shape index (κ3) is 11.1. The van der Waals surface area contributed by atoms with E-state index in [0.717, 1.165) is 42.6 Å². The average molecular weight is 559 g/mol. The van der Waals surface area contributed by atoms with Crippen LogP contribution in [-0.2, 0) is 4.74 Å². The van der Waals surface area contributed by atoms with E-state index in [9.17, 15) is 9.59 Å². The number of carbonyl (C=O) groups is 2. The first-order chi connectivity index (χ1) is 19.9. The molecule has 0 unspecified atom stereocenters. The fourth-order valence-corrected chi connectivity index (χ4v) is 4.67. The van der Waals surface area contributed by atoms with Gasteiger partial charge in [0.1, 0.15) is 11.5 Å². The maximum absolute atomic E-state index is 12.7. The molecule has 0 radical (unpaired) electrons. The van der Waals surface area contributed by atoms with Crippen molar-refractivity contribution in [1.82, 2.24) is 0 Å². The minimum atomic E-state index is -0.454. The summed E-state index contributed by atoms with van der Waals surface area (Å²) in [4.78, 5) is 25.1. The molecule has 41 heavy (non-hydrogen) atoms. The van der Waals surface area contributed by atoms with E-state index in [2.05, 4.69) is 20.8 Å². The monoisotopic (exact) mass is 558 g/mol. The van der Waals surface area contributed by atoms with Gasteiger partial charge in [0.2, 0.25) is 0 Å². The van der Waals surface area contributed by atoms with Crippen LogP contribution in [0, 0.1) is 0 Å². The molecule has 0 spiro atoms. The summed E-state index contributed by atoms with van der Waals surface area (Å²) in [5.74, 6) is 0.425. The van der Waals surface area contributed by atoms with Crippen molar-refractivity contribution in [2.24, 2.45) is 0 Å². The van der Waals surface area contributed by atoms with Gasteiger partial charge in [0, 0.05) is 0 Å². The molecule has 0 N–H and O–H groups in total. The van der Waals surface area contributed by atoms with Gasteiger partial charge in [-0.15, -0.1) is 0 Å². The van der Waals surface area contributed by atoms with Crippen LogP contribution in [0.5, 0.6) is 11.5 Å². The van der Waals surface area contributed by atoms with Crippen molar-refractivity contribution in [3.05, 3.63) is 83.9 Å². The first-order valence-electron chi connectivity index (χ1n) is 15.3. The fourth-order valence-electron chi connectivity index (χ4n) is 4.67. The highest BCUT2D eigenvalue weighted by atomic mass is 16.5. The van der Waals surface area contributed by atoms with Crippen LogP contribution in [0.15, 0.2) is 72.8 Å². The molecule has 0 fully saturated rings. The molecule has 3 aromatic carbocycles. The van der Waals surface area contributed by atoms with Gasteiger partial charge in [-0.1, -0.05) is 76.6 Å². The Labute approximate surface area is 246 Å². The summed E-state index contributed by atoms with van der Waals surface area (Å²) in [7, 11) is 0. The number of carbonyl (C=O) groups excluding carboxylic acids is 2. The van der Waals surface area contributed by atoms with Gasteiger partial charge >= 0.3 is 11.9 Å². The molecule has 0 bridgehead atoms. The minimum Gasteiger partial charge on any atom is -0.491 e. The van der Waals surface area contributed by atoms with E-state index in [-0.39, 0.29) is 18.2 Å². The molecule has 0 saturated carbocycles. The van der Waals surface area contributed by atoms with Gasteiger partial charge in [-0.3, -0.25) is 0 Å². The highest BCUT2D eigenvalue weighted by molar-refractivity contribution is 5.92. The van der Waals surface area contributed by atoms with Crippen LogP contribution in [0.2, 0.25) is 0 Å². The number of hydrogen-bond acceptors (Lipinski definition) is 5. The number of unbranched alkanes of at least 4 members (excludes halogenated alkanes) is 6. The zero-order chi connectivity index (χ0) is 29.5. The third-order valence-corrected chi connectivity index (χ3v) is 7.18. The first kappa shape index (κ1) is 31.9. The summed E-state index contributed by atoms with van der Waals surface area (Å²) in [6.07, 6.45) is 11.6. The molecule has 0 aliphatic rings. The molecule has 3 rings (SSSR count). The summed E-state index contributed by atoms with van der Waals surface area (Å²) in [5, 5.41) is 0. The Kier molecular flexibility index (Phi) is 13.4. The molecular weight excluding hydrogens is 512 g/mol. The second-order valence-electron chi connectivity index (χ2n) is 10.9. The molecule has 0 amide bonds. The highest BCUT2D eigenvalue weighted by Gasteiger charge is 2.14. The van der Waals surface area contributed by atoms with Crippen molar-refractivity contribution in [2.75, 3.05) is 0 Å². The van der Waals surface area contributed by atoms with Crippen LogP contribution in [0.25, 0.3) is 11.1 Å². The van der Waals surface area contributed by atoms with Crippen LogP contribution in [-0.4, -0.2) is 24.1 Å². The fraction of sp³-hybridized carbons (Fsp3) is 0.444. The topological polar surface area (TPSA) is 61.8 Å². The van der Waals surface area contributed by atoms with Crippen LogP contribution in [0.3, 0.4) is 0 Å². The van der Waals surface area contributed by atoms with Gasteiger partial charge in [0.05, 0.1) is 23.3 Å². The van der Waals surface area contributed by atoms with E-state index in [4.69, 9.17) is 14.2 Å². The molecule has 0 aromatic heterocycles. The Hall–Kier alpha value is -3.60. The molecule has 2 atom stereocenters. The highest BCUT2D eigenvalue weighted by Crippen LogP contribution is 2.25. The Morgan fingerprint density at radius 1 is 0.561 bits per heavy atom. The molecule has 5 heteroatoms. The number of hydrogen-bond donors (Lipinski definition) is 0. The Bertz CT molecular complexity index is 1180. The standard InChI is InChI=1S/C36H46O5/c1-5-7-9-11-13-27(3)39-33-23-19-30(20-24-33)29-15-17-31(18-16-29)36(38)41-34-25-21-32(22-26-34)35(37)40-28(4)14-12-10-8-6-2/h15-28H,5-14H2,1-4H3/t27-,28-/m0/s1. The van der Waals surface area contributed by atoms with Gasteiger partial charge in [-0.25, -0.2) is 9.59 Å². The zero-order valence-electron chi connectivity index (χ0n) is 25.2. The normalized spacial score (nSPS) is 12.4. The van der Waals surface area contributed by atoms with Gasteiger partial charge in [-0.2, -0.15) is 0 Å². The predicted octanol–water partition coefficient (Wildman–Crippen LogP) is 9.83. The quantitative estimate of drug-likeness (QED) is 0.0937. The lowest BCUT2D eigenvalue weighted by atomic mass is 10.0. The Morgan fingerprint density at radius 2 is 1.02 bits per heavy atom. The molecular formula is C36H46O5. The van der Waals surface area contributed by atoms with E-state index in [1.807, 2.05) is 43.3 Å². The lowest BCUT2D eigenvalue weighted by Gasteiger charge is -2.15. The number of benzene rings is 3. The third-order valence-electron chi connectivity index (χ3n) is 7.18. The van der Waals surface area contributed by atoms with Gasteiger partial charge in [-0.05, 0) is 99.2 Å². The summed E-state index contributed by atoms with van der Waals surface area (Å²) in [6, 6.07) is 21.9. The number of ether oxygens (including phenoxy) is 3.